The summed E-state index contributed by atoms with van der Waals surface area (Å²) in [6.07, 6.45) is 0. The van der Waals surface area contributed by atoms with Gasteiger partial charge >= 0.3 is 0 Å². The number of nitrogens with zero attached hydrogens (tertiary/aromatic N) is 2. The van der Waals surface area contributed by atoms with Crippen LogP contribution in [0.4, 0.5) is 17.1 Å². The maximum absolute atomic E-state index is 3.49. The average Bonchev–Trinajstić information content (AvgIpc) is 3.61. The standard InChI is InChI=1S/C47H34N2/c1-47(2)43-32-34(23-22-33-24-27-38(28-25-33)48(35-14-6-3-7-15-35)36-16-8-4-9-17-36)26-29-39(43)41-30-31-42-40-20-12-13-21-44(40)49(46(42)45(41)47)37-18-10-5-11-19-37/h3-21,24-32H,1-2H3. The van der Waals surface area contributed by atoms with E-state index in [1.54, 1.807) is 0 Å². The molecule has 0 unspecified atom stereocenters. The Balaban J connectivity index is 1.09. The predicted octanol–water partition coefficient (Wildman–Crippen LogP) is 12.0. The first kappa shape index (κ1) is 28.9. The van der Waals surface area contributed by atoms with Gasteiger partial charge in [-0.3, -0.25) is 0 Å². The molecule has 232 valence electrons. The lowest BCUT2D eigenvalue weighted by Crippen LogP contribution is -2.16. The van der Waals surface area contributed by atoms with Gasteiger partial charge in [-0.1, -0.05) is 117 Å². The highest BCUT2D eigenvalue weighted by Gasteiger charge is 2.38. The van der Waals surface area contributed by atoms with Gasteiger partial charge in [0.15, 0.2) is 0 Å². The summed E-state index contributed by atoms with van der Waals surface area (Å²) in [6.45, 7) is 4.73. The molecule has 7 aromatic carbocycles. The minimum Gasteiger partial charge on any atom is -0.311 e. The molecule has 0 bridgehead atoms. The average molecular weight is 627 g/mol. The minimum atomic E-state index is -0.206. The lowest BCUT2D eigenvalue weighted by atomic mass is 9.81. The lowest BCUT2D eigenvalue weighted by Gasteiger charge is -2.25. The Morgan fingerprint density at radius 3 is 1.73 bits per heavy atom. The maximum atomic E-state index is 3.49. The van der Waals surface area contributed by atoms with Gasteiger partial charge in [0.05, 0.1) is 11.0 Å². The smallest absolute Gasteiger partial charge is 0.0588 e. The Morgan fingerprint density at radius 2 is 1.04 bits per heavy atom. The number of rotatable bonds is 4. The number of anilines is 3. The van der Waals surface area contributed by atoms with Crippen LogP contribution in [-0.2, 0) is 5.41 Å². The number of benzene rings is 7. The van der Waals surface area contributed by atoms with Crippen LogP contribution in [0.3, 0.4) is 0 Å². The van der Waals surface area contributed by atoms with Crippen molar-refractivity contribution in [2.24, 2.45) is 0 Å². The van der Waals surface area contributed by atoms with Crippen molar-refractivity contribution >= 4 is 38.9 Å². The molecule has 0 fully saturated rings. The molecule has 9 rings (SSSR count). The van der Waals surface area contributed by atoms with Crippen molar-refractivity contribution in [3.63, 3.8) is 0 Å². The quantitative estimate of drug-likeness (QED) is 0.176. The first-order valence-electron chi connectivity index (χ1n) is 16.9. The SMILES string of the molecule is CC1(C)c2cc(C#Cc3ccc(N(c4ccccc4)c4ccccc4)cc3)ccc2-c2ccc3c4ccccc4n(-c4ccccc4)c3c21. The number of aromatic nitrogens is 1. The van der Waals surface area contributed by atoms with Crippen LogP contribution in [0.25, 0.3) is 38.6 Å². The summed E-state index contributed by atoms with van der Waals surface area (Å²) in [5.74, 6) is 6.95. The van der Waals surface area contributed by atoms with Gasteiger partial charge in [-0.05, 0) is 101 Å². The zero-order valence-corrected chi connectivity index (χ0v) is 27.6. The first-order valence-corrected chi connectivity index (χ1v) is 16.9. The summed E-state index contributed by atoms with van der Waals surface area (Å²) in [7, 11) is 0. The Hall–Kier alpha value is -6.30. The van der Waals surface area contributed by atoms with Crippen molar-refractivity contribution in [1.82, 2.24) is 4.57 Å². The van der Waals surface area contributed by atoms with Gasteiger partial charge in [0, 0.05) is 50.1 Å². The molecule has 1 aliphatic rings. The molecular formula is C47H34N2. The van der Waals surface area contributed by atoms with Gasteiger partial charge in [-0.15, -0.1) is 0 Å². The second-order valence-corrected chi connectivity index (χ2v) is 13.3. The van der Waals surface area contributed by atoms with Crippen LogP contribution in [0.15, 0.2) is 170 Å². The molecule has 0 amide bonds. The summed E-state index contributed by atoms with van der Waals surface area (Å²) in [4.78, 5) is 2.27. The van der Waals surface area contributed by atoms with Gasteiger partial charge < -0.3 is 9.47 Å². The van der Waals surface area contributed by atoms with Crippen LogP contribution in [0.5, 0.6) is 0 Å². The first-order chi connectivity index (χ1) is 24.1. The molecule has 2 heteroatoms. The summed E-state index contributed by atoms with van der Waals surface area (Å²) in [6, 6.07) is 60.4. The molecule has 0 atom stereocenters. The highest BCUT2D eigenvalue weighted by atomic mass is 15.1. The zero-order chi connectivity index (χ0) is 33.0. The van der Waals surface area contributed by atoms with Gasteiger partial charge in [-0.2, -0.15) is 0 Å². The highest BCUT2D eigenvalue weighted by Crippen LogP contribution is 2.53. The van der Waals surface area contributed by atoms with E-state index in [1.807, 2.05) is 0 Å². The van der Waals surface area contributed by atoms with Crippen LogP contribution in [0.2, 0.25) is 0 Å². The monoisotopic (exact) mass is 626 g/mol. The molecule has 1 aromatic heterocycles. The fourth-order valence-corrected chi connectivity index (χ4v) is 7.71. The molecule has 8 aromatic rings. The predicted molar refractivity (Wildman–Crippen MR) is 205 cm³/mol. The van der Waals surface area contributed by atoms with Crippen LogP contribution in [-0.4, -0.2) is 4.57 Å². The molecule has 0 radical (unpaired) electrons. The molecule has 1 heterocycles. The maximum Gasteiger partial charge on any atom is 0.0588 e. The molecule has 0 aliphatic heterocycles. The summed E-state index contributed by atoms with van der Waals surface area (Å²) in [5.41, 5.74) is 14.2. The number of para-hydroxylation sites is 4. The second-order valence-electron chi connectivity index (χ2n) is 13.3. The topological polar surface area (TPSA) is 8.17 Å². The Morgan fingerprint density at radius 1 is 0.490 bits per heavy atom. The van der Waals surface area contributed by atoms with Gasteiger partial charge in [0.2, 0.25) is 0 Å². The third kappa shape index (κ3) is 4.74. The molecular weight excluding hydrogens is 593 g/mol. The fraction of sp³-hybridized carbons (Fsp3) is 0.0638. The van der Waals surface area contributed by atoms with E-state index in [0.717, 1.165) is 28.2 Å². The van der Waals surface area contributed by atoms with E-state index in [4.69, 9.17) is 0 Å². The number of fused-ring (bicyclic) bond motifs is 7. The van der Waals surface area contributed by atoms with E-state index < -0.39 is 0 Å². The Labute approximate surface area is 287 Å². The molecule has 2 nitrogen and oxygen atoms in total. The van der Waals surface area contributed by atoms with Crippen molar-refractivity contribution in [2.75, 3.05) is 4.90 Å². The normalized spacial score (nSPS) is 12.7. The van der Waals surface area contributed by atoms with Crippen molar-refractivity contribution in [3.05, 3.63) is 192 Å². The second kappa shape index (κ2) is 11.4. The summed E-state index contributed by atoms with van der Waals surface area (Å²) >= 11 is 0. The van der Waals surface area contributed by atoms with Crippen LogP contribution < -0.4 is 4.90 Å². The molecule has 1 aliphatic carbocycles. The zero-order valence-electron chi connectivity index (χ0n) is 27.6. The lowest BCUT2D eigenvalue weighted by molar-refractivity contribution is 0.663. The third-order valence-corrected chi connectivity index (χ3v) is 9.96. The van der Waals surface area contributed by atoms with Gasteiger partial charge in [0.1, 0.15) is 0 Å². The van der Waals surface area contributed by atoms with Crippen molar-refractivity contribution in [2.45, 2.75) is 19.3 Å². The number of hydrogen-bond donors (Lipinski definition) is 0. The third-order valence-electron chi connectivity index (χ3n) is 9.96. The van der Waals surface area contributed by atoms with E-state index in [9.17, 15) is 0 Å². The molecule has 0 saturated heterocycles. The van der Waals surface area contributed by atoms with E-state index in [2.05, 4.69) is 205 Å². The highest BCUT2D eigenvalue weighted by molar-refractivity contribution is 6.13. The van der Waals surface area contributed by atoms with Crippen molar-refractivity contribution < 1.29 is 0 Å². The molecule has 0 saturated carbocycles. The summed E-state index contributed by atoms with van der Waals surface area (Å²) < 4.78 is 2.46. The number of hydrogen-bond acceptors (Lipinski definition) is 1. The van der Waals surface area contributed by atoms with Gasteiger partial charge in [-0.25, -0.2) is 0 Å². The molecule has 0 spiro atoms. The van der Waals surface area contributed by atoms with E-state index in [-0.39, 0.29) is 5.41 Å². The minimum absolute atomic E-state index is 0.206. The fourth-order valence-electron chi connectivity index (χ4n) is 7.71. The Bertz CT molecular complexity index is 2510. The van der Waals surface area contributed by atoms with E-state index >= 15 is 0 Å². The summed E-state index contributed by atoms with van der Waals surface area (Å²) in [5, 5.41) is 2.57. The largest absolute Gasteiger partial charge is 0.311 e. The molecule has 49 heavy (non-hydrogen) atoms. The Kier molecular flexibility index (Phi) is 6.74. The van der Waals surface area contributed by atoms with Crippen molar-refractivity contribution in [1.29, 1.82) is 0 Å². The molecule has 0 N–H and O–H groups in total. The van der Waals surface area contributed by atoms with Crippen molar-refractivity contribution in [3.8, 4) is 28.7 Å². The van der Waals surface area contributed by atoms with E-state index in [1.165, 1.54) is 49.7 Å². The van der Waals surface area contributed by atoms with Crippen LogP contribution in [0, 0.1) is 11.8 Å². The van der Waals surface area contributed by atoms with Crippen LogP contribution in [0.1, 0.15) is 36.1 Å². The van der Waals surface area contributed by atoms with E-state index in [0.29, 0.717) is 0 Å². The van der Waals surface area contributed by atoms with Gasteiger partial charge in [0.25, 0.3) is 0 Å². The van der Waals surface area contributed by atoms with Crippen LogP contribution >= 0.6 is 0 Å².